The highest BCUT2D eigenvalue weighted by Crippen LogP contribution is 2.08. The maximum absolute atomic E-state index is 12.6. The number of nitrogens with one attached hydrogen (secondary N) is 3. The number of nitrogens with two attached hydrogens (primary N) is 1. The molecule has 0 aromatic heterocycles. The molecule has 0 aromatic rings. The van der Waals surface area contributed by atoms with E-state index in [-0.39, 0.29) is 18.3 Å². The summed E-state index contributed by atoms with van der Waals surface area (Å²) in [5, 5.41) is 34.1. The van der Waals surface area contributed by atoms with Gasteiger partial charge in [0.2, 0.25) is 17.7 Å². The summed E-state index contributed by atoms with van der Waals surface area (Å²) in [6, 6.07) is -4.77. The van der Waals surface area contributed by atoms with Crippen molar-refractivity contribution in [1.82, 2.24) is 16.0 Å². The third kappa shape index (κ3) is 8.63. The van der Waals surface area contributed by atoms with E-state index in [9.17, 15) is 19.2 Å². The minimum Gasteiger partial charge on any atom is -0.480 e. The van der Waals surface area contributed by atoms with Crippen LogP contribution in [0.5, 0.6) is 0 Å². The zero-order valence-electron chi connectivity index (χ0n) is 16.6. The number of aliphatic hydroxyl groups excluding tert-OH is 2. The molecule has 3 amide bonds. The molecule has 11 heteroatoms. The summed E-state index contributed by atoms with van der Waals surface area (Å²) in [5.41, 5.74) is 5.44. The van der Waals surface area contributed by atoms with E-state index in [0.717, 1.165) is 0 Å². The predicted octanol–water partition coefficient (Wildman–Crippen LogP) is -2.46. The summed E-state index contributed by atoms with van der Waals surface area (Å²) in [4.78, 5) is 48.0. The van der Waals surface area contributed by atoms with Crippen molar-refractivity contribution in [3.05, 3.63) is 0 Å². The standard InChI is InChI=1S/C17H32N4O7/c1-8(2)5-11(15(25)20-12(7-23)17(27)28)19-16(26)13(9(3)4)21-14(24)10(18)6-22/h8-13,22-23H,5-7,18H2,1-4H3,(H,19,26)(H,20,25)(H,21,24)(H,27,28)/t10-,11-,12-,13-/m0/s1. The molecule has 0 fully saturated rings. The minimum atomic E-state index is -1.50. The van der Waals surface area contributed by atoms with Gasteiger partial charge in [0, 0.05) is 0 Å². The largest absolute Gasteiger partial charge is 0.480 e. The number of carboxylic acid groups (broad SMARTS) is 1. The van der Waals surface area contributed by atoms with Crippen molar-refractivity contribution in [2.75, 3.05) is 13.2 Å². The van der Waals surface area contributed by atoms with Crippen molar-refractivity contribution in [2.24, 2.45) is 17.6 Å². The van der Waals surface area contributed by atoms with E-state index < -0.39 is 61.1 Å². The maximum atomic E-state index is 12.6. The normalized spacial score (nSPS) is 15.5. The molecule has 0 saturated carbocycles. The Morgan fingerprint density at radius 1 is 0.821 bits per heavy atom. The van der Waals surface area contributed by atoms with Crippen LogP contribution in [0.15, 0.2) is 0 Å². The summed E-state index contributed by atoms with van der Waals surface area (Å²) in [7, 11) is 0. The molecule has 28 heavy (non-hydrogen) atoms. The second kappa shape index (κ2) is 12.3. The van der Waals surface area contributed by atoms with E-state index in [1.165, 1.54) is 0 Å². The van der Waals surface area contributed by atoms with Gasteiger partial charge in [-0.3, -0.25) is 14.4 Å². The highest BCUT2D eigenvalue weighted by atomic mass is 16.4. The molecule has 0 saturated heterocycles. The van der Waals surface area contributed by atoms with Crippen molar-refractivity contribution >= 4 is 23.7 Å². The molecule has 0 aliphatic rings. The van der Waals surface area contributed by atoms with Crippen LogP contribution in [0.3, 0.4) is 0 Å². The third-order valence-corrected chi connectivity index (χ3v) is 3.92. The van der Waals surface area contributed by atoms with Crippen LogP contribution in [0.25, 0.3) is 0 Å². The Labute approximate surface area is 164 Å². The second-order valence-electron chi connectivity index (χ2n) is 7.29. The first-order chi connectivity index (χ1) is 12.9. The average molecular weight is 404 g/mol. The first-order valence-corrected chi connectivity index (χ1v) is 9.05. The number of aliphatic hydroxyl groups is 2. The predicted molar refractivity (Wildman–Crippen MR) is 99.9 cm³/mol. The van der Waals surface area contributed by atoms with Crippen LogP contribution in [0, 0.1) is 11.8 Å². The lowest BCUT2D eigenvalue weighted by Gasteiger charge is -2.27. The van der Waals surface area contributed by atoms with Crippen LogP contribution in [0.4, 0.5) is 0 Å². The third-order valence-electron chi connectivity index (χ3n) is 3.92. The zero-order valence-corrected chi connectivity index (χ0v) is 16.6. The van der Waals surface area contributed by atoms with Crippen LogP contribution in [0.1, 0.15) is 34.1 Å². The number of carbonyl (C=O) groups is 4. The lowest BCUT2D eigenvalue weighted by atomic mass is 9.99. The molecule has 0 bridgehead atoms. The van der Waals surface area contributed by atoms with Crippen LogP contribution < -0.4 is 21.7 Å². The zero-order chi connectivity index (χ0) is 22.0. The van der Waals surface area contributed by atoms with Gasteiger partial charge in [0.15, 0.2) is 0 Å². The number of hydrogen-bond donors (Lipinski definition) is 7. The van der Waals surface area contributed by atoms with Crippen molar-refractivity contribution in [3.8, 4) is 0 Å². The quantitative estimate of drug-likeness (QED) is 0.186. The van der Waals surface area contributed by atoms with Gasteiger partial charge in [-0.2, -0.15) is 0 Å². The topological polar surface area (TPSA) is 191 Å². The molecule has 0 aromatic carbocycles. The number of amides is 3. The molecule has 8 N–H and O–H groups in total. The van der Waals surface area contributed by atoms with Crippen molar-refractivity contribution < 1.29 is 34.5 Å². The molecule has 0 rings (SSSR count). The van der Waals surface area contributed by atoms with E-state index in [2.05, 4.69) is 16.0 Å². The van der Waals surface area contributed by atoms with Gasteiger partial charge in [0.25, 0.3) is 0 Å². The van der Waals surface area contributed by atoms with E-state index >= 15 is 0 Å². The molecule has 0 radical (unpaired) electrons. The summed E-state index contributed by atoms with van der Waals surface area (Å²) in [6.45, 7) is 5.60. The van der Waals surface area contributed by atoms with E-state index in [1.807, 2.05) is 13.8 Å². The van der Waals surface area contributed by atoms with Gasteiger partial charge in [-0.15, -0.1) is 0 Å². The van der Waals surface area contributed by atoms with Gasteiger partial charge < -0.3 is 37.0 Å². The molecule has 162 valence electrons. The van der Waals surface area contributed by atoms with Gasteiger partial charge in [-0.1, -0.05) is 27.7 Å². The van der Waals surface area contributed by atoms with Crippen LogP contribution in [-0.4, -0.2) is 76.4 Å². The van der Waals surface area contributed by atoms with E-state index in [4.69, 9.17) is 21.1 Å². The Bertz CT molecular complexity index is 554. The Morgan fingerprint density at radius 2 is 1.36 bits per heavy atom. The van der Waals surface area contributed by atoms with Crippen molar-refractivity contribution in [1.29, 1.82) is 0 Å². The number of hydrogen-bond acceptors (Lipinski definition) is 7. The van der Waals surface area contributed by atoms with Gasteiger partial charge >= 0.3 is 5.97 Å². The fraction of sp³-hybridized carbons (Fsp3) is 0.765. The number of carboxylic acids is 1. The maximum Gasteiger partial charge on any atom is 0.328 e. The summed E-state index contributed by atoms with van der Waals surface area (Å²) in [5.74, 6) is -3.89. The lowest BCUT2D eigenvalue weighted by molar-refractivity contribution is -0.143. The Kier molecular flexibility index (Phi) is 11.3. The molecule has 0 heterocycles. The molecule has 0 unspecified atom stereocenters. The molecule has 4 atom stereocenters. The monoisotopic (exact) mass is 404 g/mol. The van der Waals surface area contributed by atoms with Crippen LogP contribution >= 0.6 is 0 Å². The fourth-order valence-corrected chi connectivity index (χ4v) is 2.30. The van der Waals surface area contributed by atoms with Gasteiger partial charge in [-0.05, 0) is 18.3 Å². The fourth-order valence-electron chi connectivity index (χ4n) is 2.30. The summed E-state index contributed by atoms with van der Waals surface area (Å²) in [6.07, 6.45) is 0.213. The molecule has 0 spiro atoms. The van der Waals surface area contributed by atoms with Gasteiger partial charge in [0.1, 0.15) is 24.2 Å². The Balaban J connectivity index is 5.31. The lowest BCUT2D eigenvalue weighted by Crippen LogP contribution is -2.59. The van der Waals surface area contributed by atoms with Crippen molar-refractivity contribution in [3.63, 3.8) is 0 Å². The smallest absolute Gasteiger partial charge is 0.328 e. The minimum absolute atomic E-state index is 0.0108. The molecular weight excluding hydrogens is 372 g/mol. The van der Waals surface area contributed by atoms with Gasteiger partial charge in [0.05, 0.1) is 13.2 Å². The first kappa shape index (κ1) is 25.8. The van der Waals surface area contributed by atoms with Crippen LogP contribution in [0.2, 0.25) is 0 Å². The Morgan fingerprint density at radius 3 is 1.75 bits per heavy atom. The summed E-state index contributed by atoms with van der Waals surface area (Å²) < 4.78 is 0. The highest BCUT2D eigenvalue weighted by Gasteiger charge is 2.31. The number of aliphatic carboxylic acids is 1. The average Bonchev–Trinajstić information content (AvgIpc) is 2.61. The SMILES string of the molecule is CC(C)C[C@H](NC(=O)[C@@H](NC(=O)[C@@H](N)CO)C(C)C)C(=O)N[C@@H](CO)C(=O)O. The van der Waals surface area contributed by atoms with Gasteiger partial charge in [-0.25, -0.2) is 4.79 Å². The molecular formula is C17H32N4O7. The molecule has 0 aliphatic heterocycles. The van der Waals surface area contributed by atoms with Crippen molar-refractivity contribution in [2.45, 2.75) is 58.3 Å². The van der Waals surface area contributed by atoms with E-state index in [1.54, 1.807) is 13.8 Å². The highest BCUT2D eigenvalue weighted by molar-refractivity contribution is 5.94. The van der Waals surface area contributed by atoms with E-state index in [0.29, 0.717) is 0 Å². The second-order valence-corrected chi connectivity index (χ2v) is 7.29. The van der Waals surface area contributed by atoms with Crippen LogP contribution in [-0.2, 0) is 19.2 Å². The number of carbonyl (C=O) groups excluding carboxylic acids is 3. The number of rotatable bonds is 12. The molecule has 11 nitrogen and oxygen atoms in total. The first-order valence-electron chi connectivity index (χ1n) is 9.05. The molecule has 0 aliphatic carbocycles. The summed E-state index contributed by atoms with van der Waals surface area (Å²) >= 11 is 0. The Hall–Kier alpha value is -2.24.